The van der Waals surface area contributed by atoms with Gasteiger partial charge in [-0.3, -0.25) is 19.3 Å². The zero-order valence-electron chi connectivity index (χ0n) is 20.9. The predicted molar refractivity (Wildman–Crippen MR) is 141 cm³/mol. The normalized spacial score (nSPS) is 16.4. The Labute approximate surface area is 211 Å². The fourth-order valence-electron chi connectivity index (χ4n) is 4.82. The van der Waals surface area contributed by atoms with E-state index < -0.39 is 5.91 Å². The minimum Gasteiger partial charge on any atom is -0.322 e. The number of benzene rings is 3. The van der Waals surface area contributed by atoms with E-state index in [0.29, 0.717) is 22.5 Å². The second-order valence-electron chi connectivity index (χ2n) is 9.73. The monoisotopic (exact) mass is 482 g/mol. The van der Waals surface area contributed by atoms with Crippen LogP contribution in [0, 0.1) is 13.8 Å². The third-order valence-electron chi connectivity index (χ3n) is 6.96. The van der Waals surface area contributed by atoms with E-state index in [1.807, 2.05) is 50.2 Å². The van der Waals surface area contributed by atoms with Gasteiger partial charge in [-0.05, 0) is 68.4 Å². The van der Waals surface area contributed by atoms with Gasteiger partial charge in [0.25, 0.3) is 17.7 Å². The number of nitrogens with one attached hydrogen (secondary N) is 1. The van der Waals surface area contributed by atoms with Gasteiger partial charge < -0.3 is 10.2 Å². The number of nitrogens with zero attached hydrogens (tertiary/aromatic N) is 3. The number of hydrogen-bond acceptors (Lipinski definition) is 5. The van der Waals surface area contributed by atoms with Gasteiger partial charge in [0, 0.05) is 44.0 Å². The van der Waals surface area contributed by atoms with Crippen molar-refractivity contribution in [1.82, 2.24) is 9.80 Å². The third kappa shape index (κ3) is 4.67. The van der Waals surface area contributed by atoms with E-state index in [1.165, 1.54) is 16.5 Å². The molecular formula is C29H30N4O3. The summed E-state index contributed by atoms with van der Waals surface area (Å²) in [6.07, 6.45) is 0. The smallest absolute Gasteiger partial charge is 0.266 e. The van der Waals surface area contributed by atoms with E-state index in [1.54, 1.807) is 18.2 Å². The summed E-state index contributed by atoms with van der Waals surface area (Å²) in [4.78, 5) is 45.1. The molecule has 7 heteroatoms. The quantitative estimate of drug-likeness (QED) is 0.555. The molecule has 0 aromatic heterocycles. The SMILES string of the molecule is Cc1ccc(N2C(=O)c3ccc(C(=O)Nc4ccc(CN5CCN(C)CC5)cc4)cc3C2=O)c(C)c1. The lowest BCUT2D eigenvalue weighted by Crippen LogP contribution is -2.43. The van der Waals surface area contributed by atoms with Crippen molar-refractivity contribution >= 4 is 29.1 Å². The Morgan fingerprint density at radius 2 is 1.53 bits per heavy atom. The van der Waals surface area contributed by atoms with Crippen LogP contribution in [0.3, 0.4) is 0 Å². The number of imide groups is 1. The molecule has 0 atom stereocenters. The molecule has 0 radical (unpaired) electrons. The van der Waals surface area contributed by atoms with Crippen molar-refractivity contribution < 1.29 is 14.4 Å². The number of carbonyl (C=O) groups excluding carboxylic acids is 3. The second-order valence-corrected chi connectivity index (χ2v) is 9.73. The summed E-state index contributed by atoms with van der Waals surface area (Å²) in [6.45, 7) is 8.98. The molecule has 1 saturated heterocycles. The largest absolute Gasteiger partial charge is 0.322 e. The van der Waals surface area contributed by atoms with Gasteiger partial charge in [-0.25, -0.2) is 4.90 Å². The Hall–Kier alpha value is -3.81. The van der Waals surface area contributed by atoms with E-state index >= 15 is 0 Å². The van der Waals surface area contributed by atoms with Crippen molar-refractivity contribution in [3.05, 3.63) is 94.0 Å². The topological polar surface area (TPSA) is 73.0 Å². The Balaban J connectivity index is 1.28. The fourth-order valence-corrected chi connectivity index (χ4v) is 4.82. The van der Waals surface area contributed by atoms with E-state index in [4.69, 9.17) is 0 Å². The molecule has 1 N–H and O–H groups in total. The summed E-state index contributed by atoms with van der Waals surface area (Å²) in [7, 11) is 2.14. The first-order chi connectivity index (χ1) is 17.3. The molecule has 3 aromatic carbocycles. The van der Waals surface area contributed by atoms with Crippen LogP contribution >= 0.6 is 0 Å². The Bertz CT molecular complexity index is 1340. The van der Waals surface area contributed by atoms with Gasteiger partial charge in [0.15, 0.2) is 0 Å². The number of hydrogen-bond donors (Lipinski definition) is 1. The predicted octanol–water partition coefficient (Wildman–Crippen LogP) is 4.10. The first-order valence-electron chi connectivity index (χ1n) is 12.2. The average Bonchev–Trinajstić information content (AvgIpc) is 3.11. The summed E-state index contributed by atoms with van der Waals surface area (Å²) >= 11 is 0. The van der Waals surface area contributed by atoms with Gasteiger partial charge in [-0.2, -0.15) is 0 Å². The lowest BCUT2D eigenvalue weighted by atomic mass is 10.1. The van der Waals surface area contributed by atoms with Gasteiger partial charge in [0.1, 0.15) is 0 Å². The van der Waals surface area contributed by atoms with Crippen LogP contribution in [0.4, 0.5) is 11.4 Å². The number of aryl methyl sites for hydroxylation is 2. The maximum Gasteiger partial charge on any atom is 0.266 e. The highest BCUT2D eigenvalue weighted by atomic mass is 16.2. The number of anilines is 2. The maximum absolute atomic E-state index is 13.2. The van der Waals surface area contributed by atoms with Gasteiger partial charge >= 0.3 is 0 Å². The van der Waals surface area contributed by atoms with Crippen LogP contribution in [0.1, 0.15) is 47.8 Å². The van der Waals surface area contributed by atoms with Gasteiger partial charge in [-0.15, -0.1) is 0 Å². The van der Waals surface area contributed by atoms with E-state index in [-0.39, 0.29) is 17.4 Å². The molecule has 0 unspecified atom stereocenters. The van der Waals surface area contributed by atoms with Gasteiger partial charge in [0.2, 0.25) is 0 Å². The van der Waals surface area contributed by atoms with Crippen LogP contribution in [0.15, 0.2) is 60.7 Å². The zero-order chi connectivity index (χ0) is 25.4. The summed E-state index contributed by atoms with van der Waals surface area (Å²) in [6, 6.07) is 18.1. The summed E-state index contributed by atoms with van der Waals surface area (Å²) in [5.74, 6) is -1.11. The van der Waals surface area contributed by atoms with Crippen molar-refractivity contribution in [3.8, 4) is 0 Å². The Morgan fingerprint density at radius 3 is 2.22 bits per heavy atom. The van der Waals surface area contributed by atoms with Crippen molar-refractivity contribution in [1.29, 1.82) is 0 Å². The summed E-state index contributed by atoms with van der Waals surface area (Å²) in [5, 5.41) is 2.90. The lowest BCUT2D eigenvalue weighted by Gasteiger charge is -2.32. The highest BCUT2D eigenvalue weighted by Gasteiger charge is 2.37. The van der Waals surface area contributed by atoms with Crippen molar-refractivity contribution in [2.45, 2.75) is 20.4 Å². The van der Waals surface area contributed by atoms with Crippen LogP contribution in [0.5, 0.6) is 0 Å². The number of likely N-dealkylation sites (N-methyl/N-ethyl adjacent to an activating group) is 1. The highest BCUT2D eigenvalue weighted by molar-refractivity contribution is 6.35. The summed E-state index contributed by atoms with van der Waals surface area (Å²) in [5.41, 5.74) is 5.23. The molecule has 1 fully saturated rings. The minimum absolute atomic E-state index is 0.246. The molecule has 0 spiro atoms. The van der Waals surface area contributed by atoms with Crippen LogP contribution < -0.4 is 10.2 Å². The van der Waals surface area contributed by atoms with Crippen LogP contribution in [-0.2, 0) is 6.54 Å². The van der Waals surface area contributed by atoms with Crippen molar-refractivity contribution in [2.24, 2.45) is 0 Å². The van der Waals surface area contributed by atoms with Crippen molar-refractivity contribution in [3.63, 3.8) is 0 Å². The highest BCUT2D eigenvalue weighted by Crippen LogP contribution is 2.31. The molecule has 0 bridgehead atoms. The van der Waals surface area contributed by atoms with Gasteiger partial charge in [-0.1, -0.05) is 29.8 Å². The van der Waals surface area contributed by atoms with E-state index in [0.717, 1.165) is 43.9 Å². The molecule has 3 amide bonds. The van der Waals surface area contributed by atoms with Gasteiger partial charge in [0.05, 0.1) is 16.8 Å². The number of amides is 3. The number of rotatable bonds is 5. The Morgan fingerprint density at radius 1 is 0.833 bits per heavy atom. The third-order valence-corrected chi connectivity index (χ3v) is 6.96. The molecule has 2 aliphatic heterocycles. The molecule has 3 aromatic rings. The molecule has 184 valence electrons. The lowest BCUT2D eigenvalue weighted by molar-refractivity contribution is 0.0925. The van der Waals surface area contributed by atoms with Crippen molar-refractivity contribution in [2.75, 3.05) is 43.4 Å². The first kappa shape index (κ1) is 23.9. The fraction of sp³-hybridized carbons (Fsp3) is 0.276. The average molecular weight is 483 g/mol. The number of fused-ring (bicyclic) bond motifs is 1. The van der Waals surface area contributed by atoms with Crippen LogP contribution in [0.25, 0.3) is 0 Å². The molecule has 2 heterocycles. The minimum atomic E-state index is -0.412. The molecular weight excluding hydrogens is 452 g/mol. The molecule has 0 aliphatic carbocycles. The molecule has 0 saturated carbocycles. The summed E-state index contributed by atoms with van der Waals surface area (Å²) < 4.78 is 0. The number of carbonyl (C=O) groups is 3. The molecule has 2 aliphatic rings. The van der Waals surface area contributed by atoms with E-state index in [9.17, 15) is 14.4 Å². The van der Waals surface area contributed by atoms with E-state index in [2.05, 4.69) is 22.2 Å². The molecule has 36 heavy (non-hydrogen) atoms. The van der Waals surface area contributed by atoms with Crippen LogP contribution in [0.2, 0.25) is 0 Å². The Kier molecular flexibility index (Phi) is 6.43. The standard InChI is InChI=1S/C29H30N4O3/c1-19-4-11-26(20(2)16-19)33-28(35)24-10-7-22(17-25(24)29(33)36)27(34)30-23-8-5-21(6-9-23)18-32-14-12-31(3)13-15-32/h4-11,16-17H,12-15,18H2,1-3H3,(H,30,34). The maximum atomic E-state index is 13.2. The second kappa shape index (κ2) is 9.68. The number of piperazine rings is 1. The first-order valence-corrected chi connectivity index (χ1v) is 12.2. The molecule has 7 nitrogen and oxygen atoms in total. The zero-order valence-corrected chi connectivity index (χ0v) is 20.9. The molecule has 5 rings (SSSR count). The van der Waals surface area contributed by atoms with Crippen LogP contribution in [-0.4, -0.2) is 60.7 Å².